The zero-order chi connectivity index (χ0) is 58.5. The van der Waals surface area contributed by atoms with Gasteiger partial charge in [0, 0.05) is 19.3 Å². The summed E-state index contributed by atoms with van der Waals surface area (Å²) >= 11 is 0. The summed E-state index contributed by atoms with van der Waals surface area (Å²) in [7, 11) is 0. The number of esters is 3. The Morgan fingerprint density at radius 1 is 0.247 bits per heavy atom. The smallest absolute Gasteiger partial charge is 0.306 e. The minimum absolute atomic E-state index is 0.0870. The van der Waals surface area contributed by atoms with Crippen molar-refractivity contribution in [2.45, 2.75) is 348 Å². The highest BCUT2D eigenvalue weighted by atomic mass is 16.6. The molecule has 1 unspecified atom stereocenters. The van der Waals surface area contributed by atoms with E-state index < -0.39 is 6.10 Å². The Morgan fingerprint density at radius 2 is 0.444 bits per heavy atom. The molecule has 0 aliphatic heterocycles. The summed E-state index contributed by atoms with van der Waals surface area (Å²) in [6, 6.07) is 0. The maximum Gasteiger partial charge on any atom is 0.306 e. The average Bonchev–Trinajstić information content (AvgIpc) is 3.47. The number of ether oxygens (including phenoxy) is 3. The molecule has 0 amide bonds. The van der Waals surface area contributed by atoms with Crippen LogP contribution in [0.3, 0.4) is 0 Å². The molecule has 0 aliphatic rings. The van der Waals surface area contributed by atoms with Gasteiger partial charge in [-0.2, -0.15) is 0 Å². The summed E-state index contributed by atoms with van der Waals surface area (Å²) in [5.74, 6) is -0.898. The van der Waals surface area contributed by atoms with E-state index in [0.29, 0.717) is 19.3 Å². The summed E-state index contributed by atoms with van der Waals surface area (Å²) in [4.78, 5) is 38.5. The molecule has 0 saturated heterocycles. The Morgan fingerprint density at radius 3 is 0.716 bits per heavy atom. The standard InChI is InChI=1S/C75H130O6/c1-4-7-10-13-16-19-22-25-28-31-33-35-36-37-38-40-41-44-47-50-53-56-59-62-65-68-74(77)80-71-72(70-79-73(76)67-64-61-58-55-52-49-46-43-30-27-24-21-18-15-12-9-6-3)81-75(78)69-66-63-60-57-54-51-48-45-42-39-34-32-29-26-23-20-17-14-11-8-5-2/h18,21-23,25-27,30-34,36-37,42,45,72H,4-17,19-20,24,28-29,35,38-41,43-44,46-71H2,1-3H3/b21-18-,25-22-,26-23-,30-27-,33-31-,34-32-,37-36-,45-42-. The van der Waals surface area contributed by atoms with Crippen LogP contribution in [-0.2, 0) is 28.6 Å². The maximum atomic E-state index is 13.0. The van der Waals surface area contributed by atoms with Crippen LogP contribution < -0.4 is 0 Å². The van der Waals surface area contributed by atoms with Gasteiger partial charge in [-0.1, -0.05) is 291 Å². The third-order valence-electron chi connectivity index (χ3n) is 15.0. The Balaban J connectivity index is 4.40. The Kier molecular flexibility index (Phi) is 65.7. The molecule has 81 heavy (non-hydrogen) atoms. The number of rotatable bonds is 63. The monoisotopic (exact) mass is 1130 g/mol. The molecule has 466 valence electrons. The lowest BCUT2D eigenvalue weighted by Gasteiger charge is -2.18. The minimum Gasteiger partial charge on any atom is -0.462 e. The van der Waals surface area contributed by atoms with Gasteiger partial charge < -0.3 is 14.2 Å². The van der Waals surface area contributed by atoms with Gasteiger partial charge in [-0.25, -0.2) is 0 Å². The lowest BCUT2D eigenvalue weighted by atomic mass is 10.1. The van der Waals surface area contributed by atoms with E-state index in [1.54, 1.807) is 0 Å². The van der Waals surface area contributed by atoms with Gasteiger partial charge in [0.05, 0.1) is 0 Å². The van der Waals surface area contributed by atoms with Crippen LogP contribution in [0.25, 0.3) is 0 Å². The van der Waals surface area contributed by atoms with Gasteiger partial charge in [-0.15, -0.1) is 0 Å². The van der Waals surface area contributed by atoms with E-state index in [-0.39, 0.29) is 31.1 Å². The largest absolute Gasteiger partial charge is 0.462 e. The topological polar surface area (TPSA) is 78.9 Å². The summed E-state index contributed by atoms with van der Waals surface area (Å²) in [5, 5.41) is 0. The van der Waals surface area contributed by atoms with E-state index in [9.17, 15) is 14.4 Å². The molecule has 0 radical (unpaired) electrons. The first kappa shape index (κ1) is 77.3. The molecule has 0 spiro atoms. The molecule has 0 heterocycles. The van der Waals surface area contributed by atoms with E-state index >= 15 is 0 Å². The lowest BCUT2D eigenvalue weighted by molar-refractivity contribution is -0.167. The molecule has 0 fully saturated rings. The van der Waals surface area contributed by atoms with Gasteiger partial charge in [0.2, 0.25) is 0 Å². The first-order chi connectivity index (χ1) is 40.0. The van der Waals surface area contributed by atoms with Crippen molar-refractivity contribution in [2.24, 2.45) is 0 Å². The highest BCUT2D eigenvalue weighted by Crippen LogP contribution is 2.16. The predicted molar refractivity (Wildman–Crippen MR) is 353 cm³/mol. The number of allylic oxidation sites excluding steroid dienone is 16. The molecule has 0 bridgehead atoms. The number of hydrogen-bond donors (Lipinski definition) is 0. The van der Waals surface area contributed by atoms with Gasteiger partial charge in [0.1, 0.15) is 13.2 Å². The molecule has 0 rings (SSSR count). The fourth-order valence-electron chi connectivity index (χ4n) is 9.78. The number of unbranched alkanes of at least 4 members (excludes halogenated alkanes) is 36. The van der Waals surface area contributed by atoms with E-state index in [1.807, 2.05) is 0 Å². The third kappa shape index (κ3) is 67.0. The van der Waals surface area contributed by atoms with Gasteiger partial charge in [0.25, 0.3) is 0 Å². The summed E-state index contributed by atoms with van der Waals surface area (Å²) in [6.45, 7) is 6.61. The van der Waals surface area contributed by atoms with Crippen LogP contribution in [0.4, 0.5) is 0 Å². The second-order valence-electron chi connectivity index (χ2n) is 23.1. The Bertz CT molecular complexity index is 1580. The Labute approximate surface area is 502 Å². The van der Waals surface area contributed by atoms with Crippen LogP contribution in [0, 0.1) is 0 Å². The van der Waals surface area contributed by atoms with E-state index in [4.69, 9.17) is 14.2 Å². The minimum atomic E-state index is -0.793. The van der Waals surface area contributed by atoms with Crippen LogP contribution in [0.1, 0.15) is 342 Å². The average molecular weight is 1130 g/mol. The Hall–Kier alpha value is -3.67. The molecule has 0 saturated carbocycles. The van der Waals surface area contributed by atoms with Gasteiger partial charge in [-0.3, -0.25) is 14.4 Å². The summed E-state index contributed by atoms with van der Waals surface area (Å²) < 4.78 is 17.0. The van der Waals surface area contributed by atoms with E-state index in [2.05, 4.69) is 118 Å². The first-order valence-electron chi connectivity index (χ1n) is 34.7. The van der Waals surface area contributed by atoms with Crippen LogP contribution in [-0.4, -0.2) is 37.2 Å². The molecule has 1 atom stereocenters. The highest BCUT2D eigenvalue weighted by molar-refractivity contribution is 5.71. The number of carbonyl (C=O) groups excluding carboxylic acids is 3. The van der Waals surface area contributed by atoms with Crippen LogP contribution in [0.2, 0.25) is 0 Å². The van der Waals surface area contributed by atoms with Crippen LogP contribution in [0.15, 0.2) is 97.2 Å². The molecular weight excluding hydrogens is 997 g/mol. The quantitative estimate of drug-likeness (QED) is 0.0261. The second-order valence-corrected chi connectivity index (χ2v) is 23.1. The van der Waals surface area contributed by atoms with E-state index in [0.717, 1.165) is 109 Å². The molecular formula is C75H130O6. The van der Waals surface area contributed by atoms with Crippen molar-refractivity contribution in [3.05, 3.63) is 97.2 Å². The summed E-state index contributed by atoms with van der Waals surface area (Å²) in [5.41, 5.74) is 0. The molecule has 0 aromatic carbocycles. The highest BCUT2D eigenvalue weighted by Gasteiger charge is 2.19. The maximum absolute atomic E-state index is 13.0. The molecule has 0 aliphatic carbocycles. The van der Waals surface area contributed by atoms with Gasteiger partial charge in [0.15, 0.2) is 6.10 Å². The van der Waals surface area contributed by atoms with Crippen molar-refractivity contribution >= 4 is 17.9 Å². The molecule has 0 aromatic heterocycles. The zero-order valence-corrected chi connectivity index (χ0v) is 53.5. The zero-order valence-electron chi connectivity index (χ0n) is 53.5. The lowest BCUT2D eigenvalue weighted by Crippen LogP contribution is -2.30. The third-order valence-corrected chi connectivity index (χ3v) is 15.0. The van der Waals surface area contributed by atoms with Crippen molar-refractivity contribution in [3.8, 4) is 0 Å². The molecule has 0 N–H and O–H groups in total. The fraction of sp³-hybridized carbons (Fsp3) is 0.747. The number of hydrogen-bond acceptors (Lipinski definition) is 6. The first-order valence-corrected chi connectivity index (χ1v) is 34.7. The summed E-state index contributed by atoms with van der Waals surface area (Å²) in [6.07, 6.45) is 92.7. The normalized spacial score (nSPS) is 12.7. The molecule has 6 nitrogen and oxygen atoms in total. The SMILES string of the molecule is CCCCC/C=C\C/C=C\CCCCCCCCCC(=O)OCC(COC(=O)CCCCCCCCCCCC/C=C\C/C=C\C/C=C\CCCCCCC)OC(=O)CCCCCCCC/C=C\C/C=C\C/C=C\CCCCCCC. The molecule has 6 heteroatoms. The van der Waals surface area contributed by atoms with Crippen LogP contribution in [0.5, 0.6) is 0 Å². The van der Waals surface area contributed by atoms with Crippen molar-refractivity contribution in [2.75, 3.05) is 13.2 Å². The number of carbonyl (C=O) groups is 3. The van der Waals surface area contributed by atoms with Crippen molar-refractivity contribution in [1.29, 1.82) is 0 Å². The van der Waals surface area contributed by atoms with Gasteiger partial charge in [-0.05, 0) is 128 Å². The van der Waals surface area contributed by atoms with E-state index in [1.165, 1.54) is 193 Å². The predicted octanol–water partition coefficient (Wildman–Crippen LogP) is 24.0. The van der Waals surface area contributed by atoms with Gasteiger partial charge >= 0.3 is 17.9 Å². The van der Waals surface area contributed by atoms with Crippen molar-refractivity contribution < 1.29 is 28.6 Å². The second kappa shape index (κ2) is 68.8. The molecule has 0 aromatic rings. The van der Waals surface area contributed by atoms with Crippen molar-refractivity contribution in [1.82, 2.24) is 0 Å². The fourth-order valence-corrected chi connectivity index (χ4v) is 9.78. The van der Waals surface area contributed by atoms with Crippen LogP contribution >= 0.6 is 0 Å². The van der Waals surface area contributed by atoms with Crippen molar-refractivity contribution in [3.63, 3.8) is 0 Å².